The maximum Gasteiger partial charge on any atom is 0.320 e. The van der Waals surface area contributed by atoms with Gasteiger partial charge in [0, 0.05) is 25.9 Å². The third-order valence-corrected chi connectivity index (χ3v) is 5.72. The number of nitrogens with one attached hydrogen (secondary N) is 1. The second-order valence-electron chi connectivity index (χ2n) is 7.38. The van der Waals surface area contributed by atoms with Crippen LogP contribution in [0.2, 0.25) is 0 Å². The monoisotopic (exact) mass is 421 g/mol. The third-order valence-electron chi connectivity index (χ3n) is 4.53. The number of nitrogens with zero attached hydrogens (tertiary/aromatic N) is 3. The molecule has 0 radical (unpaired) electrons. The average molecular weight is 422 g/mol. The topological polar surface area (TPSA) is 131 Å². The van der Waals surface area contributed by atoms with Crippen molar-refractivity contribution in [2.24, 2.45) is 0 Å². The van der Waals surface area contributed by atoms with Gasteiger partial charge in [-0.15, -0.1) is 0 Å². The lowest BCUT2D eigenvalue weighted by atomic mass is 10.2. The average Bonchev–Trinajstić information content (AvgIpc) is 3.07. The van der Waals surface area contributed by atoms with E-state index in [2.05, 4.69) is 15.3 Å². The highest BCUT2D eigenvalue weighted by atomic mass is 32.2. The maximum atomic E-state index is 12.0. The van der Waals surface area contributed by atoms with Crippen molar-refractivity contribution in [3.8, 4) is 6.01 Å². The van der Waals surface area contributed by atoms with Crippen molar-refractivity contribution in [1.82, 2.24) is 9.97 Å². The van der Waals surface area contributed by atoms with E-state index in [1.807, 2.05) is 18.7 Å². The van der Waals surface area contributed by atoms with Crippen LogP contribution in [-0.4, -0.2) is 55.0 Å². The van der Waals surface area contributed by atoms with Crippen LogP contribution in [0.3, 0.4) is 0 Å². The van der Waals surface area contributed by atoms with Gasteiger partial charge in [0.2, 0.25) is 0 Å². The van der Waals surface area contributed by atoms with Gasteiger partial charge in [-0.2, -0.15) is 9.97 Å². The van der Waals surface area contributed by atoms with Crippen molar-refractivity contribution >= 4 is 27.2 Å². The van der Waals surface area contributed by atoms with E-state index in [-0.39, 0.29) is 23.6 Å². The molecular weight excluding hydrogens is 394 g/mol. The summed E-state index contributed by atoms with van der Waals surface area (Å²) in [5.41, 5.74) is 7.25. The summed E-state index contributed by atoms with van der Waals surface area (Å²) in [6.07, 6.45) is 1.25. The lowest BCUT2D eigenvalue weighted by molar-refractivity contribution is 0.198. The van der Waals surface area contributed by atoms with Crippen LogP contribution in [-0.2, 0) is 16.4 Å². The van der Waals surface area contributed by atoms with E-state index in [9.17, 15) is 13.5 Å². The van der Waals surface area contributed by atoms with Gasteiger partial charge < -0.3 is 25.8 Å². The number of anilines is 3. The fourth-order valence-corrected chi connectivity index (χ4v) is 4.14. The standard InChI is InChI=1S/C19H27N5O4S/c1-12(2)28-19-22-17(16(20)18(23-19)24-9-8-14(25)11-24)21-10-13-6-4-5-7-15(13)29(3,26)27/h4-7,12,14,25H,8-11,20H2,1-3H3,(H,21,22,23)/t14-/m0/s1. The Morgan fingerprint density at radius 1 is 1.34 bits per heavy atom. The first kappa shape index (κ1) is 21.1. The summed E-state index contributed by atoms with van der Waals surface area (Å²) >= 11 is 0. The molecule has 29 heavy (non-hydrogen) atoms. The number of nitrogens with two attached hydrogens (primary N) is 1. The van der Waals surface area contributed by atoms with Crippen molar-refractivity contribution < 1.29 is 18.3 Å². The van der Waals surface area contributed by atoms with E-state index in [4.69, 9.17) is 10.5 Å². The van der Waals surface area contributed by atoms with Gasteiger partial charge in [0.1, 0.15) is 5.69 Å². The molecule has 1 atom stereocenters. The minimum absolute atomic E-state index is 0.130. The zero-order valence-corrected chi connectivity index (χ0v) is 17.6. The number of hydrogen-bond acceptors (Lipinski definition) is 9. The molecule has 1 aromatic heterocycles. The number of benzene rings is 1. The number of sulfone groups is 1. The van der Waals surface area contributed by atoms with Gasteiger partial charge in [0.05, 0.1) is 17.1 Å². The Bertz CT molecular complexity index is 981. The van der Waals surface area contributed by atoms with Crippen LogP contribution in [0, 0.1) is 0 Å². The smallest absolute Gasteiger partial charge is 0.320 e. The van der Waals surface area contributed by atoms with Crippen molar-refractivity contribution in [1.29, 1.82) is 0 Å². The van der Waals surface area contributed by atoms with Gasteiger partial charge in [-0.05, 0) is 31.9 Å². The Kier molecular flexibility index (Phi) is 6.13. The molecule has 158 valence electrons. The van der Waals surface area contributed by atoms with Crippen LogP contribution in [0.5, 0.6) is 6.01 Å². The molecule has 9 nitrogen and oxygen atoms in total. The molecule has 1 aliphatic rings. The highest BCUT2D eigenvalue weighted by Crippen LogP contribution is 2.32. The van der Waals surface area contributed by atoms with Crippen LogP contribution in [0.1, 0.15) is 25.8 Å². The minimum Gasteiger partial charge on any atom is -0.461 e. The number of aliphatic hydroxyl groups is 1. The number of β-amino-alcohol motifs (C(OH)–C–C–N with tert-alkyl or cyclic N) is 1. The van der Waals surface area contributed by atoms with Gasteiger partial charge in [-0.1, -0.05) is 18.2 Å². The van der Waals surface area contributed by atoms with Crippen molar-refractivity contribution in [2.45, 2.75) is 43.9 Å². The molecular formula is C19H27N5O4S. The Morgan fingerprint density at radius 3 is 2.69 bits per heavy atom. The molecule has 2 heterocycles. The summed E-state index contributed by atoms with van der Waals surface area (Å²) in [4.78, 5) is 10.9. The first-order chi connectivity index (χ1) is 13.6. The predicted octanol–water partition coefficient (Wildman–Crippen LogP) is 1.43. The van der Waals surface area contributed by atoms with E-state index in [1.54, 1.807) is 24.3 Å². The Labute approximate surface area is 170 Å². The Morgan fingerprint density at radius 2 is 2.07 bits per heavy atom. The predicted molar refractivity (Wildman–Crippen MR) is 112 cm³/mol. The van der Waals surface area contributed by atoms with E-state index in [0.29, 0.717) is 42.4 Å². The zero-order chi connectivity index (χ0) is 21.2. The van der Waals surface area contributed by atoms with E-state index in [1.165, 1.54) is 6.26 Å². The summed E-state index contributed by atoms with van der Waals surface area (Å²) < 4.78 is 29.7. The van der Waals surface area contributed by atoms with Crippen LogP contribution < -0.4 is 20.7 Å². The Hall–Kier alpha value is -2.59. The number of nitrogen functional groups attached to an aromatic ring is 1. The van der Waals surface area contributed by atoms with Crippen molar-refractivity contribution in [3.63, 3.8) is 0 Å². The minimum atomic E-state index is -3.36. The van der Waals surface area contributed by atoms with E-state index < -0.39 is 15.9 Å². The van der Waals surface area contributed by atoms with Crippen molar-refractivity contribution in [3.05, 3.63) is 29.8 Å². The third kappa shape index (κ3) is 5.07. The number of rotatable bonds is 7. The van der Waals surface area contributed by atoms with Gasteiger partial charge in [0.25, 0.3) is 0 Å². The van der Waals surface area contributed by atoms with E-state index in [0.717, 1.165) is 0 Å². The van der Waals surface area contributed by atoms with Crippen LogP contribution in [0.15, 0.2) is 29.2 Å². The molecule has 0 spiro atoms. The van der Waals surface area contributed by atoms with Crippen LogP contribution in [0.4, 0.5) is 17.3 Å². The molecule has 1 fully saturated rings. The summed E-state index contributed by atoms with van der Waals surface area (Å²) in [5.74, 6) is 0.849. The van der Waals surface area contributed by atoms with Crippen molar-refractivity contribution in [2.75, 3.05) is 35.3 Å². The second-order valence-corrected chi connectivity index (χ2v) is 9.36. The molecule has 3 rings (SSSR count). The molecule has 0 bridgehead atoms. The summed E-state index contributed by atoms with van der Waals surface area (Å²) in [6.45, 7) is 5.01. The molecule has 1 saturated heterocycles. The lowest BCUT2D eigenvalue weighted by Crippen LogP contribution is -2.25. The molecule has 1 aromatic carbocycles. The molecule has 10 heteroatoms. The number of aromatic nitrogens is 2. The number of ether oxygens (including phenoxy) is 1. The van der Waals surface area contributed by atoms with Crippen LogP contribution in [0.25, 0.3) is 0 Å². The lowest BCUT2D eigenvalue weighted by Gasteiger charge is -2.22. The molecule has 1 aliphatic heterocycles. The molecule has 0 saturated carbocycles. The molecule has 0 unspecified atom stereocenters. The number of hydrogen-bond donors (Lipinski definition) is 3. The summed E-state index contributed by atoms with van der Waals surface area (Å²) in [5, 5.41) is 13.0. The molecule has 0 amide bonds. The zero-order valence-electron chi connectivity index (χ0n) is 16.8. The fraction of sp³-hybridized carbons (Fsp3) is 0.474. The fourth-order valence-electron chi connectivity index (χ4n) is 3.20. The molecule has 4 N–H and O–H groups in total. The van der Waals surface area contributed by atoms with Crippen LogP contribution >= 0.6 is 0 Å². The Balaban J connectivity index is 1.92. The second kappa shape index (κ2) is 8.42. The van der Waals surface area contributed by atoms with Gasteiger partial charge >= 0.3 is 6.01 Å². The first-order valence-corrected chi connectivity index (χ1v) is 11.3. The normalized spacial score (nSPS) is 17.0. The maximum absolute atomic E-state index is 12.0. The molecule has 2 aromatic rings. The highest BCUT2D eigenvalue weighted by molar-refractivity contribution is 7.90. The van der Waals surface area contributed by atoms with Gasteiger partial charge in [0.15, 0.2) is 21.5 Å². The quantitative estimate of drug-likeness (QED) is 0.607. The largest absolute Gasteiger partial charge is 0.461 e. The number of aliphatic hydroxyl groups excluding tert-OH is 1. The SMILES string of the molecule is CC(C)Oc1nc(NCc2ccccc2S(C)(=O)=O)c(N)c(N2CC[C@H](O)C2)n1. The van der Waals surface area contributed by atoms with Gasteiger partial charge in [-0.25, -0.2) is 8.42 Å². The molecule has 0 aliphatic carbocycles. The first-order valence-electron chi connectivity index (χ1n) is 9.44. The van der Waals surface area contributed by atoms with E-state index >= 15 is 0 Å². The highest BCUT2D eigenvalue weighted by Gasteiger charge is 2.26. The summed E-state index contributed by atoms with van der Waals surface area (Å²) in [6, 6.07) is 6.94. The summed E-state index contributed by atoms with van der Waals surface area (Å²) in [7, 11) is -3.36. The van der Waals surface area contributed by atoms with Gasteiger partial charge in [-0.3, -0.25) is 0 Å².